The molecule has 0 radical (unpaired) electrons. The van der Waals surface area contributed by atoms with Crippen LogP contribution in [0.25, 0.3) is 0 Å². The molecule has 0 N–H and O–H groups in total. The predicted octanol–water partition coefficient (Wildman–Crippen LogP) is 1.31. The van der Waals surface area contributed by atoms with E-state index >= 15 is 0 Å². The highest BCUT2D eigenvalue weighted by atomic mass is 31.1. The van der Waals surface area contributed by atoms with E-state index in [9.17, 15) is 4.57 Å². The van der Waals surface area contributed by atoms with Crippen LogP contribution < -0.4 is 0 Å². The molecule has 0 spiro atoms. The van der Waals surface area contributed by atoms with E-state index < -0.39 is 27.8 Å². The van der Waals surface area contributed by atoms with Gasteiger partial charge in [0.2, 0.25) is 0 Å². The summed E-state index contributed by atoms with van der Waals surface area (Å²) in [6.07, 6.45) is 4.91. The van der Waals surface area contributed by atoms with Crippen molar-refractivity contribution in [2.24, 2.45) is 0 Å². The minimum atomic E-state index is -2.02. The maximum atomic E-state index is 11.0. The maximum Gasteiger partial charge on any atom is 0.298 e. The van der Waals surface area contributed by atoms with E-state index in [1.807, 2.05) is 0 Å². The molecule has 0 atom stereocenters. The molecule has 6 heteroatoms. The van der Waals surface area contributed by atoms with Crippen molar-refractivity contribution < 1.29 is 13.0 Å². The van der Waals surface area contributed by atoms with Crippen LogP contribution in [0.15, 0.2) is 0 Å². The normalized spacial score (nSPS) is 38.5. The van der Waals surface area contributed by atoms with E-state index in [4.69, 9.17) is 8.43 Å². The number of rotatable bonds is 4. The first kappa shape index (κ1) is 11.7. The summed E-state index contributed by atoms with van der Waals surface area (Å²) in [6, 6.07) is 0. The van der Waals surface area contributed by atoms with Crippen LogP contribution in [0.3, 0.4) is 0 Å². The van der Waals surface area contributed by atoms with Gasteiger partial charge in [-0.2, -0.15) is 0 Å². The highest BCUT2D eigenvalue weighted by molar-refractivity contribution is 7.37. The minimum absolute atomic E-state index is 0.411. The lowest BCUT2D eigenvalue weighted by Crippen LogP contribution is -2.32. The Kier molecular flexibility index (Phi) is 4.90. The van der Waals surface area contributed by atoms with Gasteiger partial charge in [0.1, 0.15) is 0 Å². The molecular weight excluding hydrogens is 219 g/mol. The fraction of sp³-hybridized carbons (Fsp3) is 1.00. The van der Waals surface area contributed by atoms with Crippen LogP contribution in [0, 0.1) is 0 Å². The first-order valence-electron chi connectivity index (χ1n) is 5.02. The van der Waals surface area contributed by atoms with Gasteiger partial charge >= 0.3 is 0 Å². The Morgan fingerprint density at radius 2 is 1.92 bits per heavy atom. The van der Waals surface area contributed by atoms with Gasteiger partial charge in [-0.1, -0.05) is 33.1 Å². The van der Waals surface area contributed by atoms with Crippen molar-refractivity contribution in [2.45, 2.75) is 44.2 Å². The molecule has 0 aliphatic carbocycles. The van der Waals surface area contributed by atoms with Crippen LogP contribution >= 0.6 is 8.25 Å². The number of hydrogen-bond acceptors (Lipinski definition) is 3. The number of unbranched alkanes of at least 4 members (excludes halogenated alkanes) is 1. The molecule has 1 rings (SSSR count). The van der Waals surface area contributed by atoms with Crippen LogP contribution in [0.4, 0.5) is 0 Å². The van der Waals surface area contributed by atoms with Gasteiger partial charge in [-0.25, -0.2) is 0 Å². The molecule has 0 aromatic carbocycles. The van der Waals surface area contributed by atoms with Crippen molar-refractivity contribution in [1.29, 1.82) is 0 Å². The van der Waals surface area contributed by atoms with Crippen molar-refractivity contribution in [3.8, 4) is 0 Å². The van der Waals surface area contributed by atoms with Gasteiger partial charge in [-0.3, -0.25) is 4.57 Å². The summed E-state index contributed by atoms with van der Waals surface area (Å²) in [4.78, 5) is 0. The van der Waals surface area contributed by atoms with E-state index in [2.05, 4.69) is 13.8 Å². The van der Waals surface area contributed by atoms with Crippen molar-refractivity contribution in [2.75, 3.05) is 0 Å². The van der Waals surface area contributed by atoms with Gasteiger partial charge in [0, 0.05) is 0 Å². The topological polar surface area (TPSA) is 35.5 Å². The lowest BCUT2D eigenvalue weighted by Gasteiger charge is -2.34. The van der Waals surface area contributed by atoms with E-state index in [0.29, 0.717) is 4.66 Å². The lowest BCUT2D eigenvalue weighted by atomic mass is 10.1. The van der Waals surface area contributed by atoms with E-state index in [1.165, 1.54) is 25.7 Å². The highest BCUT2D eigenvalue weighted by Gasteiger charge is 2.35. The zero-order valence-corrected chi connectivity index (χ0v) is 12.3. The van der Waals surface area contributed by atoms with Gasteiger partial charge in [-0.05, 0) is 11.1 Å². The van der Waals surface area contributed by atoms with Gasteiger partial charge in [0.05, 0.1) is 0 Å². The molecule has 78 valence electrons. The van der Waals surface area contributed by atoms with E-state index in [-0.39, 0.29) is 0 Å². The summed E-state index contributed by atoms with van der Waals surface area (Å²) in [5.74, 6) is 0. The molecule has 0 unspecified atom stereocenters. The largest absolute Gasteiger partial charge is 0.361 e. The van der Waals surface area contributed by atoms with Crippen molar-refractivity contribution in [3.05, 3.63) is 0 Å². The Labute approximate surface area is 85.4 Å². The first-order valence-corrected chi connectivity index (χ1v) is 8.81. The second kappa shape index (κ2) is 5.46. The zero-order chi connectivity index (χ0) is 9.73. The number of hydrogen-bond donors (Lipinski definition) is 0. The van der Waals surface area contributed by atoms with Crippen molar-refractivity contribution in [1.82, 2.24) is 0 Å². The maximum absolute atomic E-state index is 11.0. The standard InChI is InChI=1S/C7H19O3PSi2/c1-3-5-6-7(4-2)12-9-11(8)10-13-7/h11H,3-6,12-13H2,1-2H3. The molecule has 1 fully saturated rings. The zero-order valence-electron chi connectivity index (χ0n) is 8.47. The second-order valence-electron chi connectivity index (χ2n) is 3.78. The van der Waals surface area contributed by atoms with Crippen LogP contribution in [-0.4, -0.2) is 19.5 Å². The van der Waals surface area contributed by atoms with Crippen molar-refractivity contribution in [3.63, 3.8) is 0 Å². The molecule has 0 saturated carbocycles. The van der Waals surface area contributed by atoms with Crippen LogP contribution in [0.1, 0.15) is 39.5 Å². The Morgan fingerprint density at radius 3 is 2.38 bits per heavy atom. The minimum Gasteiger partial charge on any atom is -0.361 e. The summed E-state index contributed by atoms with van der Waals surface area (Å²) < 4.78 is 21.9. The van der Waals surface area contributed by atoms with Gasteiger partial charge < -0.3 is 8.43 Å². The Morgan fingerprint density at radius 1 is 1.31 bits per heavy atom. The molecule has 0 amide bonds. The van der Waals surface area contributed by atoms with Crippen LogP contribution in [0.2, 0.25) is 4.66 Å². The van der Waals surface area contributed by atoms with E-state index in [1.54, 1.807) is 0 Å². The van der Waals surface area contributed by atoms with Crippen LogP contribution in [-0.2, 0) is 13.0 Å². The Balaban J connectivity index is 2.44. The average Bonchev–Trinajstić information content (AvgIpc) is 2.18. The summed E-state index contributed by atoms with van der Waals surface area (Å²) in [6.45, 7) is 4.42. The fourth-order valence-electron chi connectivity index (χ4n) is 1.58. The average molecular weight is 238 g/mol. The SMILES string of the molecule is CCCCC1(CC)[SiH2]O[PH](=O)O[SiH2]1. The summed E-state index contributed by atoms with van der Waals surface area (Å²) in [7, 11) is -3.19. The van der Waals surface area contributed by atoms with Gasteiger partial charge in [0.15, 0.2) is 19.5 Å². The fourth-order valence-corrected chi connectivity index (χ4v) is 9.43. The predicted molar refractivity (Wildman–Crippen MR) is 60.8 cm³/mol. The molecule has 13 heavy (non-hydrogen) atoms. The molecule has 1 aliphatic rings. The first-order chi connectivity index (χ1) is 6.22. The summed E-state index contributed by atoms with van der Waals surface area (Å²) in [5, 5.41) is 0. The molecule has 0 aromatic heterocycles. The molecule has 0 aromatic rings. The Hall–Kier alpha value is 0.584. The Bertz CT molecular complexity index is 179. The smallest absolute Gasteiger partial charge is 0.298 e. The summed E-state index contributed by atoms with van der Waals surface area (Å²) >= 11 is 0. The molecule has 1 heterocycles. The van der Waals surface area contributed by atoms with Gasteiger partial charge in [0.25, 0.3) is 8.25 Å². The molecule has 1 saturated heterocycles. The third kappa shape index (κ3) is 3.33. The van der Waals surface area contributed by atoms with E-state index in [0.717, 1.165) is 0 Å². The van der Waals surface area contributed by atoms with Crippen molar-refractivity contribution >= 4 is 27.8 Å². The highest BCUT2D eigenvalue weighted by Crippen LogP contribution is 2.43. The van der Waals surface area contributed by atoms with Gasteiger partial charge in [-0.15, -0.1) is 0 Å². The monoisotopic (exact) mass is 238 g/mol. The summed E-state index contributed by atoms with van der Waals surface area (Å²) in [5.41, 5.74) is 0. The molecular formula is C7H19O3PSi2. The van der Waals surface area contributed by atoms with Crippen LogP contribution in [0.5, 0.6) is 0 Å². The molecule has 0 bridgehead atoms. The third-order valence-electron chi connectivity index (χ3n) is 2.80. The molecule has 1 aliphatic heterocycles. The molecule has 3 nitrogen and oxygen atoms in total. The quantitative estimate of drug-likeness (QED) is 0.547. The lowest BCUT2D eigenvalue weighted by molar-refractivity contribution is 0.384. The third-order valence-corrected chi connectivity index (χ3v) is 10.00. The second-order valence-corrected chi connectivity index (χ2v) is 11.2.